The van der Waals surface area contributed by atoms with Gasteiger partial charge in [0.1, 0.15) is 0 Å². The Morgan fingerprint density at radius 2 is 1.91 bits per heavy atom. The first-order chi connectivity index (χ1) is 15.2. The monoisotopic (exact) mass is 458 g/mol. The molecule has 0 unspecified atom stereocenters. The Kier molecular flexibility index (Phi) is 5.90. The van der Waals surface area contributed by atoms with Crippen molar-refractivity contribution < 1.29 is 9.18 Å². The molecule has 5 N–H and O–H groups in total. The summed E-state index contributed by atoms with van der Waals surface area (Å²) >= 11 is 6.26. The number of halogens is 2. The van der Waals surface area contributed by atoms with Gasteiger partial charge >= 0.3 is 0 Å². The first-order valence-electron chi connectivity index (χ1n) is 10.1. The smallest absolute Gasteiger partial charge is 0.257 e. The number of hydrogen-bond acceptors (Lipinski definition) is 7. The Balaban J connectivity index is 1.72. The molecule has 0 aliphatic carbocycles. The molecular formula is C21H24ClFN8O. The number of nitrogens with one attached hydrogen (secondary N) is 1. The van der Waals surface area contributed by atoms with Gasteiger partial charge in [-0.25, -0.2) is 9.07 Å². The molecule has 1 aromatic heterocycles. The fourth-order valence-electron chi connectivity index (χ4n) is 3.64. The van der Waals surface area contributed by atoms with Crippen molar-refractivity contribution in [2.75, 3.05) is 54.9 Å². The number of nitrogens with two attached hydrogens (primary N) is 2. The van der Waals surface area contributed by atoms with Crippen molar-refractivity contribution in [3.63, 3.8) is 0 Å². The molecule has 1 amide bonds. The molecule has 2 heterocycles. The summed E-state index contributed by atoms with van der Waals surface area (Å²) in [6.07, 6.45) is 1.58. The Morgan fingerprint density at radius 3 is 2.56 bits per heavy atom. The second-order valence-corrected chi connectivity index (χ2v) is 8.18. The van der Waals surface area contributed by atoms with E-state index in [0.29, 0.717) is 11.4 Å². The predicted molar refractivity (Wildman–Crippen MR) is 124 cm³/mol. The van der Waals surface area contributed by atoms with E-state index in [2.05, 4.69) is 32.5 Å². The highest BCUT2D eigenvalue weighted by Gasteiger charge is 2.22. The number of hydrogen-bond donors (Lipinski definition) is 3. The lowest BCUT2D eigenvalue weighted by Gasteiger charge is -2.35. The Labute approximate surface area is 189 Å². The number of rotatable bonds is 4. The zero-order chi connectivity index (χ0) is 23.0. The van der Waals surface area contributed by atoms with Crippen LogP contribution in [0.1, 0.15) is 15.9 Å². The van der Waals surface area contributed by atoms with E-state index in [1.807, 2.05) is 12.1 Å². The molecule has 4 rings (SSSR count). The molecule has 2 aromatic carbocycles. The van der Waals surface area contributed by atoms with E-state index in [-0.39, 0.29) is 27.7 Å². The van der Waals surface area contributed by atoms with Gasteiger partial charge in [-0.2, -0.15) is 0 Å². The van der Waals surface area contributed by atoms with Gasteiger partial charge in [0.15, 0.2) is 11.6 Å². The summed E-state index contributed by atoms with van der Waals surface area (Å²) in [6, 6.07) is 6.83. The van der Waals surface area contributed by atoms with Crippen LogP contribution in [0.25, 0.3) is 5.69 Å². The third-order valence-corrected chi connectivity index (χ3v) is 6.03. The molecule has 3 aromatic rings. The van der Waals surface area contributed by atoms with Crippen LogP contribution in [0.3, 0.4) is 0 Å². The number of benzene rings is 2. The molecule has 9 nitrogen and oxygen atoms in total. The fourth-order valence-corrected chi connectivity index (χ4v) is 3.87. The molecule has 11 heteroatoms. The average molecular weight is 459 g/mol. The van der Waals surface area contributed by atoms with Crippen molar-refractivity contribution in [3.8, 4) is 5.69 Å². The van der Waals surface area contributed by atoms with E-state index in [1.165, 1.54) is 17.7 Å². The first-order valence-corrected chi connectivity index (χ1v) is 10.4. The number of nitrogens with zero attached hydrogens (tertiary/aromatic N) is 5. The number of piperazine rings is 1. The topological polar surface area (TPSA) is 118 Å². The molecule has 1 saturated heterocycles. The van der Waals surface area contributed by atoms with Gasteiger partial charge in [-0.05, 0) is 38.2 Å². The number of anilines is 4. The van der Waals surface area contributed by atoms with E-state index in [1.54, 1.807) is 12.3 Å². The quantitative estimate of drug-likeness (QED) is 0.514. The fraction of sp³-hybridized carbons (Fsp3) is 0.286. The van der Waals surface area contributed by atoms with Gasteiger partial charge < -0.3 is 26.6 Å². The van der Waals surface area contributed by atoms with Gasteiger partial charge in [-0.1, -0.05) is 16.8 Å². The average Bonchev–Trinajstić information content (AvgIpc) is 3.21. The number of nitrogen functional groups attached to an aromatic ring is 2. The normalized spacial score (nSPS) is 14.6. The highest BCUT2D eigenvalue weighted by atomic mass is 35.5. The van der Waals surface area contributed by atoms with Crippen LogP contribution in [-0.4, -0.2) is 59.0 Å². The SMILES string of the molecule is Cc1c(F)c(N)cc(C(=O)Nc2cc(-n3cc(N)nn3)ccc2N2CCN(C)CC2)c1Cl. The van der Waals surface area contributed by atoms with Crippen LogP contribution < -0.4 is 21.7 Å². The summed E-state index contributed by atoms with van der Waals surface area (Å²) in [5, 5.41) is 10.7. The second kappa shape index (κ2) is 8.64. The molecule has 0 atom stereocenters. The molecular weight excluding hydrogens is 435 g/mol. The summed E-state index contributed by atoms with van der Waals surface area (Å²) in [4.78, 5) is 17.6. The van der Waals surface area contributed by atoms with Crippen molar-refractivity contribution in [1.29, 1.82) is 0 Å². The van der Waals surface area contributed by atoms with Gasteiger partial charge in [0.05, 0.1) is 39.5 Å². The zero-order valence-corrected chi connectivity index (χ0v) is 18.5. The minimum absolute atomic E-state index is 0.0237. The minimum Gasteiger partial charge on any atom is -0.396 e. The Hall–Kier alpha value is -3.37. The maximum absolute atomic E-state index is 14.1. The van der Waals surface area contributed by atoms with Gasteiger partial charge in [0.2, 0.25) is 0 Å². The number of likely N-dealkylation sites (N-methyl/N-ethyl adjacent to an activating group) is 1. The summed E-state index contributed by atoms with van der Waals surface area (Å²) in [5.41, 5.74) is 13.6. The van der Waals surface area contributed by atoms with E-state index in [4.69, 9.17) is 23.1 Å². The van der Waals surface area contributed by atoms with Crippen molar-refractivity contribution in [2.45, 2.75) is 6.92 Å². The summed E-state index contributed by atoms with van der Waals surface area (Å²) < 4.78 is 15.6. The van der Waals surface area contributed by atoms with E-state index in [0.717, 1.165) is 31.9 Å². The second-order valence-electron chi connectivity index (χ2n) is 7.80. The van der Waals surface area contributed by atoms with Crippen LogP contribution in [-0.2, 0) is 0 Å². The van der Waals surface area contributed by atoms with Gasteiger partial charge in [-0.15, -0.1) is 5.10 Å². The number of carbonyl (C=O) groups is 1. The van der Waals surface area contributed by atoms with Crippen molar-refractivity contribution in [2.24, 2.45) is 0 Å². The molecule has 0 bridgehead atoms. The lowest BCUT2D eigenvalue weighted by atomic mass is 10.1. The van der Waals surface area contributed by atoms with Crippen LogP contribution in [0, 0.1) is 12.7 Å². The molecule has 1 aliphatic heterocycles. The minimum atomic E-state index is -0.629. The van der Waals surface area contributed by atoms with Gasteiger partial charge in [-0.3, -0.25) is 4.79 Å². The highest BCUT2D eigenvalue weighted by molar-refractivity contribution is 6.35. The molecule has 0 spiro atoms. The van der Waals surface area contributed by atoms with Crippen molar-refractivity contribution in [3.05, 3.63) is 52.4 Å². The number of carbonyl (C=O) groups excluding carboxylic acids is 1. The molecule has 0 radical (unpaired) electrons. The van der Waals surface area contributed by atoms with Crippen LogP contribution in [0.4, 0.5) is 27.3 Å². The first kappa shape index (κ1) is 21.8. The van der Waals surface area contributed by atoms with Crippen molar-refractivity contribution >= 4 is 40.4 Å². The Bertz CT molecular complexity index is 1170. The van der Waals surface area contributed by atoms with Crippen LogP contribution >= 0.6 is 11.6 Å². The highest BCUT2D eigenvalue weighted by Crippen LogP contribution is 2.32. The zero-order valence-electron chi connectivity index (χ0n) is 17.8. The molecule has 32 heavy (non-hydrogen) atoms. The number of aromatic nitrogens is 3. The van der Waals surface area contributed by atoms with E-state index >= 15 is 0 Å². The molecule has 1 fully saturated rings. The third-order valence-electron chi connectivity index (χ3n) is 5.54. The lowest BCUT2D eigenvalue weighted by molar-refractivity contribution is 0.102. The third kappa shape index (κ3) is 4.19. The van der Waals surface area contributed by atoms with Crippen molar-refractivity contribution in [1.82, 2.24) is 19.9 Å². The molecule has 1 aliphatic rings. The number of amides is 1. The van der Waals surface area contributed by atoms with E-state index in [9.17, 15) is 9.18 Å². The Morgan fingerprint density at radius 1 is 1.19 bits per heavy atom. The largest absolute Gasteiger partial charge is 0.396 e. The molecule has 168 valence electrons. The predicted octanol–water partition coefficient (Wildman–Crippen LogP) is 2.54. The summed E-state index contributed by atoms with van der Waals surface area (Å²) in [7, 11) is 2.07. The lowest BCUT2D eigenvalue weighted by Crippen LogP contribution is -2.44. The van der Waals surface area contributed by atoms with Gasteiger partial charge in [0, 0.05) is 31.7 Å². The van der Waals surface area contributed by atoms with E-state index < -0.39 is 11.7 Å². The van der Waals surface area contributed by atoms with Crippen LogP contribution in [0.15, 0.2) is 30.5 Å². The summed E-state index contributed by atoms with van der Waals surface area (Å²) in [5.74, 6) is -0.839. The van der Waals surface area contributed by atoms with Crippen LogP contribution in [0.2, 0.25) is 5.02 Å². The van der Waals surface area contributed by atoms with Crippen LogP contribution in [0.5, 0.6) is 0 Å². The standard InChI is InChI=1S/C21H24ClFN8O/c1-12-19(22)14(10-15(24)20(12)23)21(32)26-16-9-13(31-11-18(25)27-28-31)3-4-17(16)30-7-5-29(2)6-8-30/h3-4,9-11H,5-8,24-25H2,1-2H3,(H,26,32). The summed E-state index contributed by atoms with van der Waals surface area (Å²) in [6.45, 7) is 4.88. The van der Waals surface area contributed by atoms with Gasteiger partial charge in [0.25, 0.3) is 5.91 Å². The maximum atomic E-state index is 14.1. The molecule has 0 saturated carbocycles. The maximum Gasteiger partial charge on any atom is 0.257 e.